The van der Waals surface area contributed by atoms with Gasteiger partial charge in [-0.05, 0) is 30.2 Å². The van der Waals surface area contributed by atoms with Gasteiger partial charge in [-0.3, -0.25) is 0 Å². The van der Waals surface area contributed by atoms with E-state index in [1.165, 1.54) is 113 Å². The highest BCUT2D eigenvalue weighted by Crippen LogP contribution is 2.13. The zero-order valence-electron chi connectivity index (χ0n) is 17.2. The normalized spacial score (nSPS) is 10.7. The molecule has 26 heavy (non-hydrogen) atoms. The lowest BCUT2D eigenvalue weighted by atomic mass is 10.0. The molecule has 0 fully saturated rings. The highest BCUT2D eigenvalue weighted by Gasteiger charge is 2.00. The van der Waals surface area contributed by atoms with Gasteiger partial charge in [0.2, 0.25) is 0 Å². The summed E-state index contributed by atoms with van der Waals surface area (Å²) < 4.78 is 0. The number of unbranched alkanes of at least 4 members (excludes halogenated alkanes) is 13. The quantitative estimate of drug-likeness (QED) is 0.193. The largest absolute Gasteiger partial charge is 1.00 e. The fourth-order valence-corrected chi connectivity index (χ4v) is 4.47. The molecule has 0 atom stereocenters. The van der Waals surface area contributed by atoms with Crippen LogP contribution in [-0.4, -0.2) is 11.5 Å². The number of halogens is 1. The lowest BCUT2D eigenvalue weighted by molar-refractivity contribution is -0.00000535. The third-order valence-corrected chi connectivity index (χ3v) is 6.24. The van der Waals surface area contributed by atoms with Crippen molar-refractivity contribution in [3.05, 3.63) is 35.9 Å². The Morgan fingerprint density at radius 3 is 1.54 bits per heavy atom. The number of hydrogen-bond acceptors (Lipinski definition) is 0. The van der Waals surface area contributed by atoms with E-state index in [9.17, 15) is 0 Å². The predicted molar refractivity (Wildman–Crippen MR) is 119 cm³/mol. The molecule has 0 heterocycles. The van der Waals surface area contributed by atoms with E-state index >= 15 is 0 Å². The highest BCUT2D eigenvalue weighted by molar-refractivity contribution is 7.78. The molecule has 1 aromatic carbocycles. The van der Waals surface area contributed by atoms with Crippen molar-refractivity contribution in [3.8, 4) is 0 Å². The summed E-state index contributed by atoms with van der Waals surface area (Å²) in [5.74, 6) is 2.74. The Morgan fingerprint density at radius 2 is 1.04 bits per heavy atom. The van der Waals surface area contributed by atoms with Crippen LogP contribution in [0.1, 0.15) is 102 Å². The first-order chi connectivity index (χ1) is 12.4. The Morgan fingerprint density at radius 1 is 0.577 bits per heavy atom. The summed E-state index contributed by atoms with van der Waals surface area (Å²) in [6.07, 6.45) is 21.7. The summed E-state index contributed by atoms with van der Waals surface area (Å²) in [5, 5.41) is 0. The molecule has 1 rings (SSSR count). The maximum Gasteiger partial charge on any atom is 0.109 e. The number of aryl methyl sites for hydroxylation is 1. The van der Waals surface area contributed by atoms with E-state index in [1.807, 2.05) is 0 Å². The lowest BCUT2D eigenvalue weighted by Crippen LogP contribution is -3.00. The zero-order valence-corrected chi connectivity index (χ0v) is 18.9. The van der Waals surface area contributed by atoms with E-state index in [0.717, 1.165) is 0 Å². The van der Waals surface area contributed by atoms with Gasteiger partial charge in [-0.2, -0.15) is 0 Å². The van der Waals surface area contributed by atoms with Gasteiger partial charge in [0.15, 0.2) is 0 Å². The molecule has 0 radical (unpaired) electrons. The number of rotatable bonds is 18. The maximum absolute atomic E-state index is 2.30. The van der Waals surface area contributed by atoms with Crippen molar-refractivity contribution in [2.45, 2.75) is 103 Å². The molecule has 0 aromatic heterocycles. The fraction of sp³-hybridized carbons (Fsp3) is 0.750. The smallest absolute Gasteiger partial charge is 0.109 e. The summed E-state index contributed by atoms with van der Waals surface area (Å²) in [5.41, 5.74) is 1.50. The summed E-state index contributed by atoms with van der Waals surface area (Å²) in [4.78, 5) is 0. The number of hydrogen-bond donors (Lipinski definition) is 0. The van der Waals surface area contributed by atoms with Crippen LogP contribution in [0.4, 0.5) is 0 Å². The summed E-state index contributed by atoms with van der Waals surface area (Å²) in [6, 6.07) is 10.9. The second kappa shape index (κ2) is 21.2. The first kappa shape index (κ1) is 25.9. The molecular formula is C24H43ClS. The fourth-order valence-electron chi connectivity index (χ4n) is 3.38. The molecular weight excluding hydrogens is 356 g/mol. The number of benzene rings is 1. The van der Waals surface area contributed by atoms with E-state index in [1.54, 1.807) is 11.8 Å². The van der Waals surface area contributed by atoms with Crippen molar-refractivity contribution in [3.63, 3.8) is 0 Å². The SMILES string of the molecule is CCCCCCCCCCCCCCCC[SH+]CCc1ccccc1.[Cl-]. The van der Waals surface area contributed by atoms with E-state index in [4.69, 9.17) is 0 Å². The van der Waals surface area contributed by atoms with Crippen LogP contribution in [0.25, 0.3) is 0 Å². The molecule has 0 aliphatic rings. The van der Waals surface area contributed by atoms with Crippen LogP contribution in [-0.2, 0) is 18.2 Å². The zero-order chi connectivity index (χ0) is 17.8. The Balaban J connectivity index is 0.00000625. The predicted octanol–water partition coefficient (Wildman–Crippen LogP) is 4.53. The summed E-state index contributed by atoms with van der Waals surface area (Å²) >= 11 is 1.65. The van der Waals surface area contributed by atoms with Crippen LogP contribution in [0.5, 0.6) is 0 Å². The van der Waals surface area contributed by atoms with Crippen molar-refractivity contribution in [1.29, 1.82) is 0 Å². The van der Waals surface area contributed by atoms with Crippen LogP contribution in [0, 0.1) is 0 Å². The molecule has 152 valence electrons. The standard InChI is InChI=1S/C24H42S.ClH/c1-2-3-4-5-6-7-8-9-10-11-12-13-14-18-22-25-23-21-24-19-16-15-17-20-24;/h15-17,19-20H,2-14,18,21-23H2,1H3;1H. The molecule has 2 heteroatoms. The second-order valence-electron chi connectivity index (χ2n) is 7.50. The Labute approximate surface area is 174 Å². The van der Waals surface area contributed by atoms with E-state index < -0.39 is 0 Å². The number of thiol groups is 1. The molecule has 0 amide bonds. The van der Waals surface area contributed by atoms with Gasteiger partial charge in [-0.1, -0.05) is 114 Å². The molecule has 0 nitrogen and oxygen atoms in total. The molecule has 1 aromatic rings. The van der Waals surface area contributed by atoms with Crippen LogP contribution in [0.3, 0.4) is 0 Å². The van der Waals surface area contributed by atoms with Gasteiger partial charge in [-0.15, -0.1) is 0 Å². The topological polar surface area (TPSA) is 0 Å². The lowest BCUT2D eigenvalue weighted by Gasteiger charge is -2.02. The summed E-state index contributed by atoms with van der Waals surface area (Å²) in [7, 11) is 0. The van der Waals surface area contributed by atoms with Crippen molar-refractivity contribution in [1.82, 2.24) is 0 Å². The van der Waals surface area contributed by atoms with Crippen LogP contribution >= 0.6 is 0 Å². The molecule has 0 spiro atoms. The van der Waals surface area contributed by atoms with Gasteiger partial charge in [0, 0.05) is 6.42 Å². The van der Waals surface area contributed by atoms with Gasteiger partial charge in [-0.25, -0.2) is 0 Å². The molecule has 0 aliphatic carbocycles. The van der Waals surface area contributed by atoms with Crippen LogP contribution in [0.15, 0.2) is 30.3 Å². The minimum atomic E-state index is 0. The highest BCUT2D eigenvalue weighted by atomic mass is 35.5. The minimum absolute atomic E-state index is 0. The van der Waals surface area contributed by atoms with Gasteiger partial charge >= 0.3 is 0 Å². The van der Waals surface area contributed by atoms with E-state index in [2.05, 4.69) is 37.3 Å². The molecule has 0 saturated heterocycles. The Kier molecular flexibility index (Phi) is 21.0. The molecule has 0 unspecified atom stereocenters. The van der Waals surface area contributed by atoms with Gasteiger partial charge in [0.05, 0.1) is 0 Å². The molecule has 0 N–H and O–H groups in total. The second-order valence-corrected chi connectivity index (χ2v) is 8.84. The first-order valence-corrected chi connectivity index (χ1v) is 12.4. The van der Waals surface area contributed by atoms with E-state index in [-0.39, 0.29) is 12.4 Å². The first-order valence-electron chi connectivity index (χ1n) is 11.1. The average molecular weight is 399 g/mol. The van der Waals surface area contributed by atoms with E-state index in [0.29, 0.717) is 0 Å². The Bertz CT molecular complexity index is 366. The van der Waals surface area contributed by atoms with Crippen molar-refractivity contribution in [2.24, 2.45) is 0 Å². The average Bonchev–Trinajstić information content (AvgIpc) is 2.65. The molecule has 0 aliphatic heterocycles. The Hall–Kier alpha value is -0.140. The third kappa shape index (κ3) is 17.3. The summed E-state index contributed by atoms with van der Waals surface area (Å²) in [6.45, 7) is 2.30. The van der Waals surface area contributed by atoms with Gasteiger partial charge in [0.25, 0.3) is 0 Å². The third-order valence-electron chi connectivity index (χ3n) is 5.07. The van der Waals surface area contributed by atoms with Crippen molar-refractivity contribution < 1.29 is 12.4 Å². The minimum Gasteiger partial charge on any atom is -1.00 e. The van der Waals surface area contributed by atoms with Gasteiger partial charge < -0.3 is 12.4 Å². The molecule has 0 bridgehead atoms. The van der Waals surface area contributed by atoms with Crippen LogP contribution < -0.4 is 12.4 Å². The van der Waals surface area contributed by atoms with Crippen molar-refractivity contribution >= 4 is 11.8 Å². The maximum atomic E-state index is 2.30. The van der Waals surface area contributed by atoms with Gasteiger partial charge in [0.1, 0.15) is 11.5 Å². The monoisotopic (exact) mass is 398 g/mol. The molecule has 0 saturated carbocycles. The van der Waals surface area contributed by atoms with Crippen LogP contribution in [0.2, 0.25) is 0 Å². The van der Waals surface area contributed by atoms with Crippen molar-refractivity contribution in [2.75, 3.05) is 11.5 Å².